The highest BCUT2D eigenvalue weighted by molar-refractivity contribution is 5.76. The Morgan fingerprint density at radius 1 is 1.67 bits per heavy atom. The van der Waals surface area contributed by atoms with Gasteiger partial charge in [0.15, 0.2) is 0 Å². The van der Waals surface area contributed by atoms with E-state index in [0.717, 1.165) is 13.0 Å². The Labute approximate surface area is 73.5 Å². The zero-order valence-electron chi connectivity index (χ0n) is 7.80. The van der Waals surface area contributed by atoms with Gasteiger partial charge in [0.1, 0.15) is 0 Å². The Morgan fingerprint density at radius 3 is 2.92 bits per heavy atom. The molecule has 70 valence electrons. The molecule has 0 aliphatic carbocycles. The first-order valence-electron chi connectivity index (χ1n) is 4.55. The van der Waals surface area contributed by atoms with Crippen LogP contribution in [0.4, 0.5) is 0 Å². The van der Waals surface area contributed by atoms with Crippen LogP contribution in [0.2, 0.25) is 0 Å². The fraction of sp³-hybridized carbons (Fsp3) is 0.889. The first kappa shape index (κ1) is 9.52. The largest absolute Gasteiger partial charge is 0.379 e. The maximum absolute atomic E-state index is 11.2. The predicted molar refractivity (Wildman–Crippen MR) is 46.8 cm³/mol. The van der Waals surface area contributed by atoms with Crippen LogP contribution in [-0.2, 0) is 9.53 Å². The van der Waals surface area contributed by atoms with Crippen LogP contribution in [-0.4, -0.2) is 25.2 Å². The molecule has 0 saturated carbocycles. The van der Waals surface area contributed by atoms with Crippen molar-refractivity contribution in [3.05, 3.63) is 0 Å². The van der Waals surface area contributed by atoms with E-state index < -0.39 is 0 Å². The van der Waals surface area contributed by atoms with Gasteiger partial charge in [-0.3, -0.25) is 4.79 Å². The average Bonchev–Trinajstić information content (AvgIpc) is 2.37. The molecular formula is C9H17NO2. The molecule has 1 atom stereocenters. The Morgan fingerprint density at radius 2 is 2.42 bits per heavy atom. The van der Waals surface area contributed by atoms with Crippen molar-refractivity contribution in [2.75, 3.05) is 13.2 Å². The summed E-state index contributed by atoms with van der Waals surface area (Å²) in [6.07, 6.45) is 1.58. The second kappa shape index (κ2) is 4.45. The van der Waals surface area contributed by atoms with E-state index in [1.165, 1.54) is 0 Å². The van der Waals surface area contributed by atoms with Gasteiger partial charge in [-0.1, -0.05) is 13.8 Å². The summed E-state index contributed by atoms with van der Waals surface area (Å²) in [6.45, 7) is 5.56. The van der Waals surface area contributed by atoms with Gasteiger partial charge in [0.2, 0.25) is 5.91 Å². The first-order chi connectivity index (χ1) is 5.68. The summed E-state index contributed by atoms with van der Waals surface area (Å²) in [4.78, 5) is 11.2. The minimum absolute atomic E-state index is 0.153. The molecule has 0 aromatic heterocycles. The normalized spacial score (nSPS) is 23.1. The third kappa shape index (κ3) is 3.22. The molecule has 1 unspecified atom stereocenters. The second-order valence-electron chi connectivity index (χ2n) is 3.73. The van der Waals surface area contributed by atoms with Gasteiger partial charge in [0, 0.05) is 13.0 Å². The summed E-state index contributed by atoms with van der Waals surface area (Å²) >= 11 is 0. The maximum atomic E-state index is 11.2. The molecule has 3 nitrogen and oxygen atoms in total. The zero-order valence-corrected chi connectivity index (χ0v) is 7.80. The van der Waals surface area contributed by atoms with Crippen molar-refractivity contribution in [3.8, 4) is 0 Å². The standard InChI is InChI=1S/C9H17NO2/c1-7(2)5-9(11)10-8-3-4-12-6-8/h7-8H,3-6H2,1-2H3,(H,10,11). The number of hydrogen-bond acceptors (Lipinski definition) is 2. The molecule has 0 bridgehead atoms. The minimum Gasteiger partial charge on any atom is -0.379 e. The Balaban J connectivity index is 2.16. The molecule has 1 heterocycles. The summed E-state index contributed by atoms with van der Waals surface area (Å²) in [5.41, 5.74) is 0. The highest BCUT2D eigenvalue weighted by Gasteiger charge is 2.17. The molecule has 12 heavy (non-hydrogen) atoms. The van der Waals surface area contributed by atoms with Gasteiger partial charge in [-0.25, -0.2) is 0 Å². The van der Waals surface area contributed by atoms with Crippen LogP contribution in [0.25, 0.3) is 0 Å². The number of carbonyl (C=O) groups is 1. The fourth-order valence-electron chi connectivity index (χ4n) is 1.31. The van der Waals surface area contributed by atoms with E-state index in [4.69, 9.17) is 4.74 Å². The smallest absolute Gasteiger partial charge is 0.220 e. The molecule has 1 fully saturated rings. The number of carbonyl (C=O) groups excluding carboxylic acids is 1. The molecule has 0 aromatic rings. The number of hydrogen-bond donors (Lipinski definition) is 1. The summed E-state index contributed by atoms with van der Waals surface area (Å²) in [5.74, 6) is 0.591. The van der Waals surface area contributed by atoms with E-state index in [2.05, 4.69) is 5.32 Å². The molecular weight excluding hydrogens is 154 g/mol. The summed E-state index contributed by atoms with van der Waals surface area (Å²) in [5, 5.41) is 2.95. The lowest BCUT2D eigenvalue weighted by Gasteiger charge is -2.11. The fourth-order valence-corrected chi connectivity index (χ4v) is 1.31. The van der Waals surface area contributed by atoms with E-state index in [1.54, 1.807) is 0 Å². The second-order valence-corrected chi connectivity index (χ2v) is 3.73. The Bertz CT molecular complexity index is 151. The van der Waals surface area contributed by atoms with Crippen LogP contribution in [0.15, 0.2) is 0 Å². The lowest BCUT2D eigenvalue weighted by atomic mass is 10.1. The molecule has 1 saturated heterocycles. The number of rotatable bonds is 3. The van der Waals surface area contributed by atoms with Crippen LogP contribution in [0.1, 0.15) is 26.7 Å². The third-order valence-corrected chi connectivity index (χ3v) is 1.89. The molecule has 0 aromatic carbocycles. The summed E-state index contributed by atoms with van der Waals surface area (Å²) < 4.78 is 5.15. The van der Waals surface area contributed by atoms with Gasteiger partial charge in [0.05, 0.1) is 12.6 Å². The quantitative estimate of drug-likeness (QED) is 0.686. The van der Waals surface area contributed by atoms with Crippen LogP contribution in [0.5, 0.6) is 0 Å². The van der Waals surface area contributed by atoms with Gasteiger partial charge >= 0.3 is 0 Å². The Kier molecular flexibility index (Phi) is 3.53. The zero-order chi connectivity index (χ0) is 8.97. The van der Waals surface area contributed by atoms with E-state index in [1.807, 2.05) is 13.8 Å². The molecule has 0 spiro atoms. The molecule has 1 aliphatic heterocycles. The monoisotopic (exact) mass is 171 g/mol. The number of amides is 1. The third-order valence-electron chi connectivity index (χ3n) is 1.89. The van der Waals surface area contributed by atoms with Crippen molar-refractivity contribution < 1.29 is 9.53 Å². The summed E-state index contributed by atoms with van der Waals surface area (Å²) in [7, 11) is 0. The van der Waals surface area contributed by atoms with Crippen LogP contribution < -0.4 is 5.32 Å². The van der Waals surface area contributed by atoms with Crippen LogP contribution in [0.3, 0.4) is 0 Å². The van der Waals surface area contributed by atoms with Gasteiger partial charge in [-0.05, 0) is 12.3 Å². The number of nitrogens with one attached hydrogen (secondary N) is 1. The molecule has 1 amide bonds. The minimum atomic E-state index is 0.153. The molecule has 1 rings (SSSR count). The van der Waals surface area contributed by atoms with Gasteiger partial charge in [-0.2, -0.15) is 0 Å². The number of ether oxygens (including phenoxy) is 1. The van der Waals surface area contributed by atoms with Gasteiger partial charge in [0.25, 0.3) is 0 Å². The van der Waals surface area contributed by atoms with E-state index in [0.29, 0.717) is 18.9 Å². The molecule has 1 aliphatic rings. The van der Waals surface area contributed by atoms with Crippen LogP contribution >= 0.6 is 0 Å². The van der Waals surface area contributed by atoms with Crippen LogP contribution in [0, 0.1) is 5.92 Å². The maximum Gasteiger partial charge on any atom is 0.220 e. The molecule has 0 radical (unpaired) electrons. The Hall–Kier alpha value is -0.570. The van der Waals surface area contributed by atoms with E-state index in [9.17, 15) is 4.79 Å². The summed E-state index contributed by atoms with van der Waals surface area (Å²) in [6, 6.07) is 0.260. The van der Waals surface area contributed by atoms with Crippen molar-refractivity contribution in [2.24, 2.45) is 5.92 Å². The molecule has 3 heteroatoms. The predicted octanol–water partition coefficient (Wildman–Crippen LogP) is 0.938. The first-order valence-corrected chi connectivity index (χ1v) is 4.55. The van der Waals surface area contributed by atoms with Gasteiger partial charge < -0.3 is 10.1 Å². The van der Waals surface area contributed by atoms with Gasteiger partial charge in [-0.15, -0.1) is 0 Å². The van der Waals surface area contributed by atoms with Crippen molar-refractivity contribution in [3.63, 3.8) is 0 Å². The molecule has 1 N–H and O–H groups in total. The lowest BCUT2D eigenvalue weighted by Crippen LogP contribution is -2.35. The highest BCUT2D eigenvalue weighted by Crippen LogP contribution is 2.05. The van der Waals surface area contributed by atoms with Crippen molar-refractivity contribution in [1.82, 2.24) is 5.32 Å². The van der Waals surface area contributed by atoms with Crippen molar-refractivity contribution in [2.45, 2.75) is 32.7 Å². The van der Waals surface area contributed by atoms with E-state index >= 15 is 0 Å². The lowest BCUT2D eigenvalue weighted by molar-refractivity contribution is -0.122. The average molecular weight is 171 g/mol. The highest BCUT2D eigenvalue weighted by atomic mass is 16.5. The van der Waals surface area contributed by atoms with E-state index in [-0.39, 0.29) is 11.9 Å². The SMILES string of the molecule is CC(C)CC(=O)NC1CCOC1. The topological polar surface area (TPSA) is 38.3 Å². The van der Waals surface area contributed by atoms with Crippen molar-refractivity contribution >= 4 is 5.91 Å². The van der Waals surface area contributed by atoms with Crippen molar-refractivity contribution in [1.29, 1.82) is 0 Å².